The van der Waals surface area contributed by atoms with Crippen LogP contribution in [0.5, 0.6) is 0 Å². The van der Waals surface area contributed by atoms with E-state index < -0.39 is 0 Å². The molecule has 0 unspecified atom stereocenters. The van der Waals surface area contributed by atoms with Crippen LogP contribution in [-0.4, -0.2) is 15.0 Å². The first kappa shape index (κ1) is 12.7. The maximum absolute atomic E-state index is 12.1. The standard InChI is InChI=1S/C16H12BrN3O/c17-12-14(10-6-7-10)19-15(20-16(12)21)11-5-1-3-9-4-2-8-18-13(9)11/h1-5,8,10H,6-7H2,(H,19,20,21). The molecular weight excluding hydrogens is 330 g/mol. The number of H-pyrrole nitrogens is 1. The van der Waals surface area contributed by atoms with Crippen molar-refractivity contribution < 1.29 is 0 Å². The Balaban J connectivity index is 1.99. The van der Waals surface area contributed by atoms with Gasteiger partial charge in [0.1, 0.15) is 10.3 Å². The number of para-hydroxylation sites is 1. The van der Waals surface area contributed by atoms with E-state index in [4.69, 9.17) is 0 Å². The van der Waals surface area contributed by atoms with E-state index in [1.165, 1.54) is 0 Å². The number of aromatic nitrogens is 3. The van der Waals surface area contributed by atoms with E-state index in [9.17, 15) is 4.79 Å². The molecule has 104 valence electrons. The van der Waals surface area contributed by atoms with Crippen LogP contribution in [0.25, 0.3) is 22.3 Å². The van der Waals surface area contributed by atoms with E-state index in [1.807, 2.05) is 30.3 Å². The van der Waals surface area contributed by atoms with Crippen molar-refractivity contribution >= 4 is 26.8 Å². The van der Waals surface area contributed by atoms with Gasteiger partial charge in [-0.05, 0) is 40.9 Å². The molecule has 0 atom stereocenters. The molecule has 1 aromatic carbocycles. The fourth-order valence-electron chi connectivity index (χ4n) is 2.53. The van der Waals surface area contributed by atoms with Gasteiger partial charge < -0.3 is 4.98 Å². The number of halogens is 1. The minimum Gasteiger partial charge on any atom is -0.305 e. The predicted octanol–water partition coefficient (Wildman–Crippen LogP) is 3.63. The zero-order valence-corrected chi connectivity index (χ0v) is 12.7. The maximum atomic E-state index is 12.1. The summed E-state index contributed by atoms with van der Waals surface area (Å²) in [7, 11) is 0. The molecule has 1 aliphatic carbocycles. The quantitative estimate of drug-likeness (QED) is 0.774. The van der Waals surface area contributed by atoms with Gasteiger partial charge in [0.15, 0.2) is 0 Å². The van der Waals surface area contributed by atoms with Gasteiger partial charge in [0.05, 0.1) is 11.2 Å². The van der Waals surface area contributed by atoms with Crippen molar-refractivity contribution in [3.05, 3.63) is 57.0 Å². The number of rotatable bonds is 2. The summed E-state index contributed by atoms with van der Waals surface area (Å²) in [4.78, 5) is 24.1. The third kappa shape index (κ3) is 2.17. The maximum Gasteiger partial charge on any atom is 0.265 e. The van der Waals surface area contributed by atoms with Crippen molar-refractivity contribution in [1.29, 1.82) is 0 Å². The fourth-order valence-corrected chi connectivity index (χ4v) is 3.04. The highest BCUT2D eigenvalue weighted by molar-refractivity contribution is 9.10. The Morgan fingerprint density at radius 2 is 2.00 bits per heavy atom. The topological polar surface area (TPSA) is 58.6 Å². The number of nitrogens with zero attached hydrogens (tertiary/aromatic N) is 2. The summed E-state index contributed by atoms with van der Waals surface area (Å²) >= 11 is 3.36. The van der Waals surface area contributed by atoms with Gasteiger partial charge in [-0.2, -0.15) is 0 Å². The normalized spacial score (nSPS) is 14.5. The predicted molar refractivity (Wildman–Crippen MR) is 85.3 cm³/mol. The van der Waals surface area contributed by atoms with Crippen LogP contribution in [0.4, 0.5) is 0 Å². The molecule has 1 fully saturated rings. The molecule has 1 aliphatic rings. The zero-order valence-electron chi connectivity index (χ0n) is 11.1. The summed E-state index contributed by atoms with van der Waals surface area (Å²) < 4.78 is 0.557. The van der Waals surface area contributed by atoms with Gasteiger partial charge in [0.25, 0.3) is 5.56 Å². The second-order valence-electron chi connectivity index (χ2n) is 5.27. The van der Waals surface area contributed by atoms with Crippen LogP contribution >= 0.6 is 15.9 Å². The second kappa shape index (κ2) is 4.77. The van der Waals surface area contributed by atoms with Gasteiger partial charge >= 0.3 is 0 Å². The molecule has 0 amide bonds. The molecule has 0 spiro atoms. The van der Waals surface area contributed by atoms with E-state index in [2.05, 4.69) is 30.9 Å². The van der Waals surface area contributed by atoms with Crippen LogP contribution in [0.15, 0.2) is 45.8 Å². The lowest BCUT2D eigenvalue weighted by atomic mass is 10.1. The molecule has 0 saturated heterocycles. The van der Waals surface area contributed by atoms with Gasteiger partial charge in [0, 0.05) is 23.1 Å². The van der Waals surface area contributed by atoms with E-state index in [0.717, 1.165) is 35.0 Å². The van der Waals surface area contributed by atoms with Gasteiger partial charge in [-0.15, -0.1) is 0 Å². The summed E-state index contributed by atoms with van der Waals surface area (Å²) in [6, 6.07) is 9.81. The van der Waals surface area contributed by atoms with Crippen LogP contribution in [-0.2, 0) is 0 Å². The third-order valence-electron chi connectivity index (χ3n) is 3.74. The Labute approximate surface area is 129 Å². The summed E-state index contributed by atoms with van der Waals surface area (Å²) in [5.74, 6) is 0.998. The van der Waals surface area contributed by atoms with Crippen LogP contribution < -0.4 is 5.56 Å². The lowest BCUT2D eigenvalue weighted by Gasteiger charge is -2.08. The lowest BCUT2D eigenvalue weighted by molar-refractivity contribution is 0.960. The number of pyridine rings is 1. The van der Waals surface area contributed by atoms with Crippen molar-refractivity contribution in [3.8, 4) is 11.4 Å². The van der Waals surface area contributed by atoms with Crippen molar-refractivity contribution in [2.45, 2.75) is 18.8 Å². The minimum atomic E-state index is -0.130. The molecule has 0 bridgehead atoms. The minimum absolute atomic E-state index is 0.130. The molecule has 1 saturated carbocycles. The van der Waals surface area contributed by atoms with Gasteiger partial charge in [-0.25, -0.2) is 4.98 Å². The molecule has 2 heterocycles. The second-order valence-corrected chi connectivity index (χ2v) is 6.06. The summed E-state index contributed by atoms with van der Waals surface area (Å²) in [6.45, 7) is 0. The highest BCUT2D eigenvalue weighted by atomic mass is 79.9. The molecule has 2 aromatic heterocycles. The summed E-state index contributed by atoms with van der Waals surface area (Å²) in [5, 5.41) is 1.04. The Bertz CT molecular complexity index is 894. The van der Waals surface area contributed by atoms with Crippen molar-refractivity contribution in [2.75, 3.05) is 0 Å². The summed E-state index contributed by atoms with van der Waals surface area (Å²) in [5.41, 5.74) is 2.45. The lowest BCUT2D eigenvalue weighted by Crippen LogP contribution is -2.13. The van der Waals surface area contributed by atoms with Gasteiger partial charge in [-0.1, -0.05) is 18.2 Å². The zero-order chi connectivity index (χ0) is 14.4. The number of benzene rings is 1. The first-order valence-corrected chi connectivity index (χ1v) is 7.67. The van der Waals surface area contributed by atoms with Gasteiger partial charge in [-0.3, -0.25) is 9.78 Å². The Hall–Kier alpha value is -2.01. The average molecular weight is 342 g/mol. The molecule has 3 aromatic rings. The summed E-state index contributed by atoms with van der Waals surface area (Å²) in [6.07, 6.45) is 3.95. The molecule has 21 heavy (non-hydrogen) atoms. The largest absolute Gasteiger partial charge is 0.305 e. The average Bonchev–Trinajstić information content (AvgIpc) is 3.34. The van der Waals surface area contributed by atoms with Crippen molar-refractivity contribution in [1.82, 2.24) is 15.0 Å². The van der Waals surface area contributed by atoms with E-state index in [1.54, 1.807) is 6.20 Å². The van der Waals surface area contributed by atoms with Crippen LogP contribution in [0, 0.1) is 0 Å². The number of fused-ring (bicyclic) bond motifs is 1. The SMILES string of the molecule is O=c1[nH]c(-c2cccc3cccnc23)nc(C2CC2)c1Br. The highest BCUT2D eigenvalue weighted by Crippen LogP contribution is 2.41. The highest BCUT2D eigenvalue weighted by Gasteiger charge is 2.29. The van der Waals surface area contributed by atoms with Crippen LogP contribution in [0.3, 0.4) is 0 Å². The van der Waals surface area contributed by atoms with E-state index in [0.29, 0.717) is 16.2 Å². The molecule has 1 N–H and O–H groups in total. The molecule has 5 heteroatoms. The number of nitrogens with one attached hydrogen (secondary N) is 1. The number of aromatic amines is 1. The third-order valence-corrected chi connectivity index (χ3v) is 4.51. The molecule has 4 nitrogen and oxygen atoms in total. The van der Waals surface area contributed by atoms with Crippen molar-refractivity contribution in [3.63, 3.8) is 0 Å². The van der Waals surface area contributed by atoms with E-state index in [-0.39, 0.29) is 5.56 Å². The Morgan fingerprint density at radius 1 is 1.19 bits per heavy atom. The van der Waals surface area contributed by atoms with Gasteiger partial charge in [0.2, 0.25) is 0 Å². The molecule has 0 radical (unpaired) electrons. The first-order chi connectivity index (χ1) is 10.2. The number of hydrogen-bond acceptors (Lipinski definition) is 3. The van der Waals surface area contributed by atoms with E-state index >= 15 is 0 Å². The smallest absolute Gasteiger partial charge is 0.265 e. The number of hydrogen-bond donors (Lipinski definition) is 1. The molecular formula is C16H12BrN3O. The first-order valence-electron chi connectivity index (χ1n) is 6.88. The Kier molecular flexibility index (Phi) is 2.89. The monoisotopic (exact) mass is 341 g/mol. The van der Waals surface area contributed by atoms with Crippen LogP contribution in [0.1, 0.15) is 24.5 Å². The van der Waals surface area contributed by atoms with Crippen molar-refractivity contribution in [2.24, 2.45) is 0 Å². The fraction of sp³-hybridized carbons (Fsp3) is 0.188. The Morgan fingerprint density at radius 3 is 2.81 bits per heavy atom. The molecule has 4 rings (SSSR count). The molecule has 0 aliphatic heterocycles. The van der Waals surface area contributed by atoms with Crippen LogP contribution in [0.2, 0.25) is 0 Å².